The molecule has 0 saturated carbocycles. The number of hydrogen-bond donors (Lipinski definition) is 1. The second kappa shape index (κ2) is 3.85. The molecule has 1 N–H and O–H groups in total. The van der Waals surface area contributed by atoms with E-state index in [1.165, 1.54) is 0 Å². The molecule has 1 rings (SSSR count). The van der Waals surface area contributed by atoms with Gasteiger partial charge in [-0.3, -0.25) is 10.1 Å². The van der Waals surface area contributed by atoms with E-state index in [0.717, 1.165) is 0 Å². The van der Waals surface area contributed by atoms with Crippen LogP contribution in [0.3, 0.4) is 0 Å². The predicted molar refractivity (Wildman–Crippen MR) is 44.0 cm³/mol. The van der Waals surface area contributed by atoms with Gasteiger partial charge in [0.15, 0.2) is 0 Å². The number of nitrogens with zero attached hydrogens (tertiary/aromatic N) is 1. The number of aliphatic hydroxyl groups is 1. The van der Waals surface area contributed by atoms with Crippen molar-refractivity contribution in [2.24, 2.45) is 0 Å². The molecule has 82 valence electrons. The molecule has 0 radical (unpaired) electrons. The first-order valence-electron chi connectivity index (χ1n) is 4.62. The first kappa shape index (κ1) is 8.66. The van der Waals surface area contributed by atoms with Gasteiger partial charge in [0, 0.05) is 12.1 Å². The summed E-state index contributed by atoms with van der Waals surface area (Å²) < 4.78 is 51.2. The van der Waals surface area contributed by atoms with Gasteiger partial charge in [-0.2, -0.15) is 13.2 Å². The first-order chi connectivity index (χ1) is 7.53. The minimum absolute atomic E-state index is 0.184. The summed E-state index contributed by atoms with van der Waals surface area (Å²) in [4.78, 5) is 9.29. The molecule has 7 heteroatoms. The van der Waals surface area contributed by atoms with Gasteiger partial charge in [0.05, 0.1) is 19.8 Å². The van der Waals surface area contributed by atoms with Crippen LogP contribution in [0.5, 0.6) is 0 Å². The van der Waals surface area contributed by atoms with E-state index in [2.05, 4.69) is 0 Å². The van der Waals surface area contributed by atoms with Crippen LogP contribution in [0, 0.1) is 10.1 Å². The van der Waals surface area contributed by atoms with Crippen LogP contribution in [-0.2, 0) is 12.7 Å². The van der Waals surface area contributed by atoms with Crippen molar-refractivity contribution < 1.29 is 25.9 Å². The van der Waals surface area contributed by atoms with Gasteiger partial charge in [0.1, 0.15) is 0 Å². The Hall–Kier alpha value is -1.63. The predicted octanol–water partition coefficient (Wildman–Crippen LogP) is 2.11. The number of nitro groups is 1. The third-order valence-corrected chi connectivity index (χ3v) is 1.64. The fraction of sp³-hybridized carbons (Fsp3) is 0.250. The Morgan fingerprint density at radius 1 is 1.53 bits per heavy atom. The van der Waals surface area contributed by atoms with Crippen LogP contribution in [0.25, 0.3) is 0 Å². The third kappa shape index (κ3) is 2.44. The lowest BCUT2D eigenvalue weighted by atomic mass is 10.1. The Labute approximate surface area is 84.9 Å². The summed E-state index contributed by atoms with van der Waals surface area (Å²) in [6, 6.07) is 1.42. The minimum Gasteiger partial charge on any atom is -0.392 e. The maximum atomic E-state index is 12.5. The molecule has 0 aromatic heterocycles. The monoisotopic (exact) mass is 223 g/mol. The molecular formula is C8H6F3NO3. The van der Waals surface area contributed by atoms with Crippen LogP contribution in [-0.4, -0.2) is 10.0 Å². The van der Waals surface area contributed by atoms with Crippen LogP contribution >= 0.6 is 0 Å². The van der Waals surface area contributed by atoms with E-state index in [1.54, 1.807) is 0 Å². The van der Waals surface area contributed by atoms with E-state index in [0.29, 0.717) is 12.1 Å². The van der Waals surface area contributed by atoms with Gasteiger partial charge in [-0.25, -0.2) is 0 Å². The lowest BCUT2D eigenvalue weighted by Crippen LogP contribution is -2.09. The van der Waals surface area contributed by atoms with Gasteiger partial charge in [0.25, 0.3) is 5.69 Å². The highest BCUT2D eigenvalue weighted by molar-refractivity contribution is 5.41. The van der Waals surface area contributed by atoms with Crippen molar-refractivity contribution >= 4 is 5.69 Å². The molecule has 0 atom stereocenters. The van der Waals surface area contributed by atoms with Crippen LogP contribution < -0.4 is 0 Å². The molecule has 0 spiro atoms. The zero-order chi connectivity index (χ0) is 13.4. The molecule has 15 heavy (non-hydrogen) atoms. The van der Waals surface area contributed by atoms with E-state index >= 15 is 0 Å². The lowest BCUT2D eigenvalue weighted by molar-refractivity contribution is -0.385. The van der Waals surface area contributed by atoms with E-state index in [1.807, 2.05) is 0 Å². The van der Waals surface area contributed by atoms with Gasteiger partial charge in [-0.1, -0.05) is 0 Å². The molecule has 0 aliphatic rings. The van der Waals surface area contributed by atoms with Gasteiger partial charge < -0.3 is 5.11 Å². The fourth-order valence-corrected chi connectivity index (χ4v) is 0.978. The van der Waals surface area contributed by atoms with E-state index in [-0.39, 0.29) is 6.07 Å². The molecular weight excluding hydrogens is 215 g/mol. The zero-order valence-electron chi connectivity index (χ0n) is 9.08. The second-order valence-corrected chi connectivity index (χ2v) is 2.60. The van der Waals surface area contributed by atoms with Crippen molar-refractivity contribution in [2.75, 3.05) is 0 Å². The molecule has 0 aliphatic carbocycles. The Bertz CT molecular complexity index is 456. The average Bonchev–Trinajstić information content (AvgIpc) is 2.14. The normalized spacial score (nSPS) is 14.4. The summed E-state index contributed by atoms with van der Waals surface area (Å²) in [6.45, 7) is -3.22. The van der Waals surface area contributed by atoms with Gasteiger partial charge in [-0.15, -0.1) is 0 Å². The number of nitro benzene ring substituents is 1. The molecule has 0 aliphatic heterocycles. The number of hydrogen-bond acceptors (Lipinski definition) is 3. The Morgan fingerprint density at radius 2 is 2.13 bits per heavy atom. The van der Waals surface area contributed by atoms with Crippen molar-refractivity contribution in [1.82, 2.24) is 0 Å². The number of alkyl halides is 3. The molecule has 0 unspecified atom stereocenters. The summed E-state index contributed by atoms with van der Waals surface area (Å²) in [6.07, 6.45) is -4.99. The summed E-state index contributed by atoms with van der Waals surface area (Å²) in [7, 11) is 0. The number of non-ortho nitro benzene ring substituents is 1. The molecule has 4 nitrogen and oxygen atoms in total. The van der Waals surface area contributed by atoms with Crippen molar-refractivity contribution in [1.29, 1.82) is 0 Å². The minimum atomic E-state index is -4.99. The Kier molecular flexibility index (Phi) is 2.23. The smallest absolute Gasteiger partial charge is 0.392 e. The quantitative estimate of drug-likeness (QED) is 0.616. The molecule has 1 aromatic rings. The van der Waals surface area contributed by atoms with Crippen LogP contribution in [0.15, 0.2) is 18.2 Å². The Morgan fingerprint density at radius 3 is 2.53 bits per heavy atom. The fourth-order valence-electron chi connectivity index (χ4n) is 0.978. The van der Waals surface area contributed by atoms with E-state index in [9.17, 15) is 23.3 Å². The lowest BCUT2D eigenvalue weighted by Gasteiger charge is -2.10. The second-order valence-electron chi connectivity index (χ2n) is 2.60. The van der Waals surface area contributed by atoms with Crippen LogP contribution in [0.4, 0.5) is 18.9 Å². The molecule has 0 bridgehead atoms. The number of halogens is 3. The number of rotatable bonds is 2. The number of benzene rings is 1. The maximum absolute atomic E-state index is 12.5. The standard InChI is InChI=1S/C8H6F3NO3/c9-8(10,11)7-3-6(12(14)15)2-1-5(7)4-13/h1-3,13H,4H2/i4D2. The van der Waals surface area contributed by atoms with Gasteiger partial charge in [0.2, 0.25) is 0 Å². The summed E-state index contributed by atoms with van der Waals surface area (Å²) in [5, 5.41) is 19.2. The SMILES string of the molecule is [2H]C([2H])(O)c1ccc([N+](=O)[O-])cc1C(F)(F)F. The van der Waals surface area contributed by atoms with Crippen molar-refractivity contribution in [3.8, 4) is 0 Å². The molecule has 0 amide bonds. The van der Waals surface area contributed by atoms with Crippen LogP contribution in [0.2, 0.25) is 0 Å². The van der Waals surface area contributed by atoms with Crippen molar-refractivity contribution in [3.05, 3.63) is 39.4 Å². The largest absolute Gasteiger partial charge is 0.417 e. The molecule has 0 heterocycles. The summed E-state index contributed by atoms with van der Waals surface area (Å²) >= 11 is 0. The third-order valence-electron chi connectivity index (χ3n) is 1.64. The Balaban J connectivity index is 3.49. The highest BCUT2D eigenvalue weighted by Crippen LogP contribution is 2.34. The van der Waals surface area contributed by atoms with E-state index < -0.39 is 34.5 Å². The molecule has 0 fully saturated rings. The van der Waals surface area contributed by atoms with Gasteiger partial charge >= 0.3 is 6.18 Å². The van der Waals surface area contributed by atoms with Crippen molar-refractivity contribution in [3.63, 3.8) is 0 Å². The van der Waals surface area contributed by atoms with Crippen LogP contribution in [0.1, 0.15) is 13.9 Å². The summed E-state index contributed by atoms with van der Waals surface area (Å²) in [5.41, 5.74) is -3.46. The highest BCUT2D eigenvalue weighted by Gasteiger charge is 2.34. The molecule has 0 saturated heterocycles. The average molecular weight is 223 g/mol. The molecule has 1 aromatic carbocycles. The van der Waals surface area contributed by atoms with E-state index in [4.69, 9.17) is 7.85 Å². The highest BCUT2D eigenvalue weighted by atomic mass is 19.4. The van der Waals surface area contributed by atoms with Crippen molar-refractivity contribution in [2.45, 2.75) is 12.7 Å². The van der Waals surface area contributed by atoms with Gasteiger partial charge in [-0.05, 0) is 11.6 Å². The first-order valence-corrected chi connectivity index (χ1v) is 3.62. The maximum Gasteiger partial charge on any atom is 0.417 e. The zero-order valence-corrected chi connectivity index (χ0v) is 7.08. The topological polar surface area (TPSA) is 63.4 Å². The summed E-state index contributed by atoms with van der Waals surface area (Å²) in [5.74, 6) is 0.